The molecule has 0 spiro atoms. The number of carbonyl (C=O) groups excluding carboxylic acids is 1. The Balaban J connectivity index is 1.77. The molecule has 0 bridgehead atoms. The second-order valence-corrected chi connectivity index (χ2v) is 6.87. The molecule has 0 aliphatic carbocycles. The smallest absolute Gasteiger partial charge is 0.274 e. The minimum Gasteiger partial charge on any atom is -0.376 e. The molecule has 7 heteroatoms. The lowest BCUT2D eigenvalue weighted by atomic mass is 10.1. The molecule has 0 radical (unpaired) electrons. The maximum Gasteiger partial charge on any atom is 0.274 e. The van der Waals surface area contributed by atoms with E-state index in [1.165, 1.54) is 12.4 Å². The van der Waals surface area contributed by atoms with Crippen LogP contribution in [-0.2, 0) is 4.74 Å². The molecular formula is C14H18ClN3O2S. The summed E-state index contributed by atoms with van der Waals surface area (Å²) in [5.41, 5.74) is 0.317. The quantitative estimate of drug-likeness (QED) is 0.849. The zero-order valence-electron chi connectivity index (χ0n) is 11.7. The van der Waals surface area contributed by atoms with E-state index in [-0.39, 0.29) is 23.2 Å². The lowest BCUT2D eigenvalue weighted by Crippen LogP contribution is -2.45. The molecule has 3 heterocycles. The largest absolute Gasteiger partial charge is 0.376 e. The van der Waals surface area contributed by atoms with E-state index >= 15 is 0 Å². The van der Waals surface area contributed by atoms with E-state index in [1.807, 2.05) is 16.7 Å². The molecule has 1 amide bonds. The van der Waals surface area contributed by atoms with Crippen LogP contribution in [0.2, 0.25) is 5.15 Å². The Hall–Kier alpha value is -0.850. The van der Waals surface area contributed by atoms with Gasteiger partial charge in [-0.15, -0.1) is 0 Å². The summed E-state index contributed by atoms with van der Waals surface area (Å²) in [5, 5.41) is 0.249. The average Bonchev–Trinajstić information content (AvgIpc) is 3.17. The second-order valence-electron chi connectivity index (χ2n) is 5.34. The number of amides is 1. The fourth-order valence-corrected chi connectivity index (χ4v) is 4.14. The van der Waals surface area contributed by atoms with Crippen LogP contribution in [-0.4, -0.2) is 57.6 Å². The zero-order valence-corrected chi connectivity index (χ0v) is 13.3. The lowest BCUT2D eigenvalue weighted by molar-refractivity contribution is 0.0437. The number of hydrogen-bond donors (Lipinski definition) is 0. The third kappa shape index (κ3) is 3.67. The average molecular weight is 328 g/mol. The number of rotatable bonds is 4. The van der Waals surface area contributed by atoms with Crippen molar-refractivity contribution in [1.29, 1.82) is 0 Å². The molecule has 1 aromatic rings. The third-order valence-corrected chi connectivity index (χ3v) is 5.18. The van der Waals surface area contributed by atoms with Crippen LogP contribution in [0.4, 0.5) is 0 Å². The van der Waals surface area contributed by atoms with Crippen molar-refractivity contribution in [3.8, 4) is 0 Å². The summed E-state index contributed by atoms with van der Waals surface area (Å²) in [5.74, 6) is 1.99. The number of halogens is 1. The maximum absolute atomic E-state index is 12.8. The lowest BCUT2D eigenvalue weighted by Gasteiger charge is -2.30. The Morgan fingerprint density at radius 2 is 2.38 bits per heavy atom. The summed E-state index contributed by atoms with van der Waals surface area (Å²) in [4.78, 5) is 22.8. The van der Waals surface area contributed by atoms with Crippen LogP contribution in [0.25, 0.3) is 0 Å². The highest BCUT2D eigenvalue weighted by molar-refractivity contribution is 7.99. The number of thioether (sulfide) groups is 1. The standard InChI is InChI=1S/C14H18ClN3O2S/c15-13-7-16-6-12(17-13)14(19)18(10-3-5-21-9-10)8-11-2-1-4-20-11/h6-7,10-11H,1-5,8-9H2. The van der Waals surface area contributed by atoms with Gasteiger partial charge in [0, 0.05) is 24.9 Å². The van der Waals surface area contributed by atoms with Crippen LogP contribution < -0.4 is 0 Å². The van der Waals surface area contributed by atoms with Crippen molar-refractivity contribution in [2.75, 3.05) is 24.7 Å². The van der Waals surface area contributed by atoms with Crippen LogP contribution in [0, 0.1) is 0 Å². The van der Waals surface area contributed by atoms with Crippen molar-refractivity contribution < 1.29 is 9.53 Å². The van der Waals surface area contributed by atoms with Gasteiger partial charge in [0.05, 0.1) is 18.5 Å². The van der Waals surface area contributed by atoms with Crippen LogP contribution in [0.5, 0.6) is 0 Å². The molecule has 2 aliphatic heterocycles. The zero-order chi connectivity index (χ0) is 14.7. The normalized spacial score (nSPS) is 25.2. The minimum atomic E-state index is -0.0898. The first-order chi connectivity index (χ1) is 10.2. The predicted octanol–water partition coefficient (Wildman–Crippen LogP) is 2.26. The van der Waals surface area contributed by atoms with Gasteiger partial charge in [0.25, 0.3) is 5.91 Å². The van der Waals surface area contributed by atoms with E-state index in [1.54, 1.807) is 0 Å². The fourth-order valence-electron chi connectivity index (χ4n) is 2.77. The van der Waals surface area contributed by atoms with Gasteiger partial charge in [-0.05, 0) is 25.0 Å². The van der Waals surface area contributed by atoms with Crippen molar-refractivity contribution in [3.63, 3.8) is 0 Å². The number of aromatic nitrogens is 2. The number of nitrogens with zero attached hydrogens (tertiary/aromatic N) is 3. The Morgan fingerprint density at radius 3 is 3.05 bits per heavy atom. The van der Waals surface area contributed by atoms with E-state index in [0.717, 1.165) is 37.4 Å². The predicted molar refractivity (Wildman–Crippen MR) is 82.8 cm³/mol. The van der Waals surface area contributed by atoms with E-state index < -0.39 is 0 Å². The molecule has 21 heavy (non-hydrogen) atoms. The summed E-state index contributed by atoms with van der Waals surface area (Å²) < 4.78 is 5.69. The first-order valence-corrected chi connectivity index (χ1v) is 8.75. The summed E-state index contributed by atoms with van der Waals surface area (Å²) in [6, 6.07) is 0.257. The van der Waals surface area contributed by atoms with Gasteiger partial charge >= 0.3 is 0 Å². The maximum atomic E-state index is 12.8. The Kier molecular flexibility index (Phi) is 4.98. The molecule has 2 fully saturated rings. The molecular weight excluding hydrogens is 310 g/mol. The van der Waals surface area contributed by atoms with E-state index in [9.17, 15) is 4.79 Å². The van der Waals surface area contributed by atoms with Gasteiger partial charge in [-0.25, -0.2) is 4.98 Å². The van der Waals surface area contributed by atoms with Gasteiger partial charge in [-0.1, -0.05) is 11.6 Å². The Morgan fingerprint density at radius 1 is 1.48 bits per heavy atom. The third-order valence-electron chi connectivity index (χ3n) is 3.86. The van der Waals surface area contributed by atoms with Gasteiger partial charge in [0.1, 0.15) is 10.8 Å². The highest BCUT2D eigenvalue weighted by Crippen LogP contribution is 2.25. The van der Waals surface area contributed by atoms with Crippen molar-refractivity contribution in [1.82, 2.24) is 14.9 Å². The first kappa shape index (κ1) is 15.1. The topological polar surface area (TPSA) is 55.3 Å². The molecule has 0 N–H and O–H groups in total. The van der Waals surface area contributed by atoms with Crippen LogP contribution in [0.15, 0.2) is 12.4 Å². The Labute approximate surface area is 133 Å². The summed E-state index contributed by atoms with van der Waals surface area (Å²) in [6.07, 6.45) is 6.18. The van der Waals surface area contributed by atoms with Crippen LogP contribution in [0.1, 0.15) is 29.8 Å². The molecule has 5 nitrogen and oxygen atoms in total. The number of hydrogen-bond acceptors (Lipinski definition) is 5. The number of ether oxygens (including phenoxy) is 1. The highest BCUT2D eigenvalue weighted by Gasteiger charge is 2.31. The number of carbonyl (C=O) groups is 1. The molecule has 1 aromatic heterocycles. The molecule has 114 valence electrons. The van der Waals surface area contributed by atoms with E-state index in [0.29, 0.717) is 12.2 Å². The monoisotopic (exact) mass is 327 g/mol. The second kappa shape index (κ2) is 6.94. The van der Waals surface area contributed by atoms with Gasteiger partial charge in [-0.2, -0.15) is 11.8 Å². The van der Waals surface area contributed by atoms with E-state index in [2.05, 4.69) is 9.97 Å². The molecule has 0 aromatic carbocycles. The van der Waals surface area contributed by atoms with Crippen molar-refractivity contribution in [3.05, 3.63) is 23.2 Å². The summed E-state index contributed by atoms with van der Waals surface area (Å²) >= 11 is 7.74. The molecule has 2 saturated heterocycles. The van der Waals surface area contributed by atoms with Crippen LogP contribution in [0.3, 0.4) is 0 Å². The van der Waals surface area contributed by atoms with Gasteiger partial charge in [0.15, 0.2) is 0 Å². The molecule has 3 rings (SSSR count). The highest BCUT2D eigenvalue weighted by atomic mass is 35.5. The van der Waals surface area contributed by atoms with Gasteiger partial charge in [-0.3, -0.25) is 9.78 Å². The van der Waals surface area contributed by atoms with Gasteiger partial charge in [0.2, 0.25) is 0 Å². The minimum absolute atomic E-state index is 0.0898. The van der Waals surface area contributed by atoms with Crippen molar-refractivity contribution in [2.45, 2.75) is 31.4 Å². The van der Waals surface area contributed by atoms with Crippen LogP contribution >= 0.6 is 23.4 Å². The summed E-state index contributed by atoms with van der Waals surface area (Å²) in [6.45, 7) is 1.43. The van der Waals surface area contributed by atoms with Gasteiger partial charge < -0.3 is 9.64 Å². The fraction of sp³-hybridized carbons (Fsp3) is 0.643. The van der Waals surface area contributed by atoms with Crippen molar-refractivity contribution >= 4 is 29.3 Å². The Bertz CT molecular complexity index is 505. The molecule has 0 saturated carbocycles. The molecule has 2 aliphatic rings. The van der Waals surface area contributed by atoms with Crippen molar-refractivity contribution in [2.24, 2.45) is 0 Å². The first-order valence-electron chi connectivity index (χ1n) is 7.22. The molecule has 2 atom stereocenters. The molecule has 2 unspecified atom stereocenters. The van der Waals surface area contributed by atoms with E-state index in [4.69, 9.17) is 16.3 Å². The SMILES string of the molecule is O=C(c1cncc(Cl)n1)N(CC1CCCO1)C1CCSC1. The summed E-state index contributed by atoms with van der Waals surface area (Å²) in [7, 11) is 0.